The number of rotatable bonds is 3. The number of aryl methyl sites for hydroxylation is 1. The third-order valence-electron chi connectivity index (χ3n) is 4.07. The number of hydrogen-bond donors (Lipinski definition) is 1. The van der Waals surface area contributed by atoms with E-state index in [1.165, 1.54) is 5.56 Å². The van der Waals surface area contributed by atoms with Crippen molar-refractivity contribution in [3.05, 3.63) is 83.4 Å². The average Bonchev–Trinajstić information content (AvgIpc) is 2.63. The molecule has 0 saturated carbocycles. The van der Waals surface area contributed by atoms with Crippen LogP contribution in [0.3, 0.4) is 0 Å². The summed E-state index contributed by atoms with van der Waals surface area (Å²) in [6, 6.07) is 24.0. The summed E-state index contributed by atoms with van der Waals surface area (Å²) >= 11 is 6.08. The fraction of sp³-hybridized carbons (Fsp3) is 0.0476. The molecule has 0 amide bonds. The molecule has 3 nitrogen and oxygen atoms in total. The van der Waals surface area contributed by atoms with E-state index in [4.69, 9.17) is 11.6 Å². The van der Waals surface area contributed by atoms with Crippen LogP contribution in [0.25, 0.3) is 22.0 Å². The van der Waals surface area contributed by atoms with Gasteiger partial charge in [-0.05, 0) is 31.2 Å². The smallest absolute Gasteiger partial charge is 0.161 e. The SMILES string of the molecule is Cc1ccc2c(-c3ccccc3)nnc(Nc3cccc(Cl)c3)c2c1. The van der Waals surface area contributed by atoms with E-state index in [1.54, 1.807) is 0 Å². The Labute approximate surface area is 151 Å². The summed E-state index contributed by atoms with van der Waals surface area (Å²) in [5.41, 5.74) is 4.00. The topological polar surface area (TPSA) is 37.8 Å². The Kier molecular flexibility index (Phi) is 4.08. The molecular formula is C21H16ClN3. The van der Waals surface area contributed by atoms with E-state index in [-0.39, 0.29) is 0 Å². The predicted octanol–water partition coefficient (Wildman–Crippen LogP) is 6.00. The second kappa shape index (κ2) is 6.54. The highest BCUT2D eigenvalue weighted by atomic mass is 35.5. The van der Waals surface area contributed by atoms with Crippen molar-refractivity contribution in [1.29, 1.82) is 0 Å². The van der Waals surface area contributed by atoms with Gasteiger partial charge in [-0.1, -0.05) is 65.7 Å². The number of nitrogens with zero attached hydrogens (tertiary/aromatic N) is 2. The molecule has 4 aromatic rings. The van der Waals surface area contributed by atoms with Crippen molar-refractivity contribution < 1.29 is 0 Å². The van der Waals surface area contributed by atoms with E-state index < -0.39 is 0 Å². The Bertz CT molecular complexity index is 1050. The van der Waals surface area contributed by atoms with Crippen LogP contribution in [0.4, 0.5) is 11.5 Å². The van der Waals surface area contributed by atoms with Crippen LogP contribution >= 0.6 is 11.6 Å². The normalized spacial score (nSPS) is 10.8. The number of aromatic nitrogens is 2. The highest BCUT2D eigenvalue weighted by molar-refractivity contribution is 6.30. The summed E-state index contributed by atoms with van der Waals surface area (Å²) < 4.78 is 0. The van der Waals surface area contributed by atoms with Crippen LogP contribution in [-0.4, -0.2) is 10.2 Å². The van der Waals surface area contributed by atoms with Gasteiger partial charge in [0.25, 0.3) is 0 Å². The maximum Gasteiger partial charge on any atom is 0.161 e. The first kappa shape index (κ1) is 15.6. The summed E-state index contributed by atoms with van der Waals surface area (Å²) in [5.74, 6) is 0.723. The van der Waals surface area contributed by atoms with Crippen LogP contribution < -0.4 is 5.32 Å². The average molecular weight is 346 g/mol. The molecule has 1 N–H and O–H groups in total. The third-order valence-corrected chi connectivity index (χ3v) is 4.30. The molecule has 0 saturated heterocycles. The van der Waals surface area contributed by atoms with Gasteiger partial charge in [-0.15, -0.1) is 10.2 Å². The summed E-state index contributed by atoms with van der Waals surface area (Å²) in [4.78, 5) is 0. The van der Waals surface area contributed by atoms with Crippen LogP contribution in [0, 0.1) is 6.92 Å². The van der Waals surface area contributed by atoms with Crippen LogP contribution in [0.15, 0.2) is 72.8 Å². The Hall–Kier alpha value is -2.91. The molecule has 0 spiro atoms. The molecule has 0 unspecified atom stereocenters. The molecule has 0 aliphatic carbocycles. The van der Waals surface area contributed by atoms with Crippen LogP contribution in [0.5, 0.6) is 0 Å². The minimum Gasteiger partial charge on any atom is -0.338 e. The zero-order valence-corrected chi connectivity index (χ0v) is 14.5. The Morgan fingerprint density at radius 3 is 2.44 bits per heavy atom. The van der Waals surface area contributed by atoms with Gasteiger partial charge in [0.2, 0.25) is 0 Å². The van der Waals surface area contributed by atoms with E-state index in [9.17, 15) is 0 Å². The molecule has 4 heteroatoms. The van der Waals surface area contributed by atoms with Crippen LogP contribution in [-0.2, 0) is 0 Å². The van der Waals surface area contributed by atoms with E-state index in [0.717, 1.165) is 33.5 Å². The minimum atomic E-state index is 0.680. The summed E-state index contributed by atoms with van der Waals surface area (Å²) in [5, 5.41) is 15.0. The maximum absolute atomic E-state index is 6.08. The zero-order chi connectivity index (χ0) is 17.2. The number of benzene rings is 3. The molecule has 0 aliphatic heterocycles. The van der Waals surface area contributed by atoms with Gasteiger partial charge in [-0.25, -0.2) is 0 Å². The molecule has 1 heterocycles. The van der Waals surface area contributed by atoms with Gasteiger partial charge in [0.15, 0.2) is 5.82 Å². The number of anilines is 2. The van der Waals surface area contributed by atoms with Crippen LogP contribution in [0.1, 0.15) is 5.56 Å². The number of halogens is 1. The van der Waals surface area contributed by atoms with Gasteiger partial charge in [-0.3, -0.25) is 0 Å². The van der Waals surface area contributed by atoms with E-state index >= 15 is 0 Å². The second-order valence-corrected chi connectivity index (χ2v) is 6.38. The summed E-state index contributed by atoms with van der Waals surface area (Å²) in [7, 11) is 0. The first-order chi connectivity index (χ1) is 12.2. The second-order valence-electron chi connectivity index (χ2n) is 5.95. The molecule has 122 valence electrons. The lowest BCUT2D eigenvalue weighted by atomic mass is 10.0. The van der Waals surface area contributed by atoms with Crippen molar-refractivity contribution in [1.82, 2.24) is 10.2 Å². The first-order valence-electron chi connectivity index (χ1n) is 8.06. The van der Waals surface area contributed by atoms with Gasteiger partial charge in [0.1, 0.15) is 5.69 Å². The zero-order valence-electron chi connectivity index (χ0n) is 13.7. The molecule has 4 rings (SSSR count). The number of hydrogen-bond acceptors (Lipinski definition) is 3. The fourth-order valence-electron chi connectivity index (χ4n) is 2.87. The van der Waals surface area contributed by atoms with Crippen molar-refractivity contribution in [3.8, 4) is 11.3 Å². The molecule has 0 fully saturated rings. The van der Waals surface area contributed by atoms with Gasteiger partial charge in [0.05, 0.1) is 0 Å². The highest BCUT2D eigenvalue weighted by Gasteiger charge is 2.11. The van der Waals surface area contributed by atoms with E-state index in [1.807, 2.05) is 54.6 Å². The molecule has 0 atom stereocenters. The van der Waals surface area contributed by atoms with Gasteiger partial charge in [-0.2, -0.15) is 0 Å². The Morgan fingerprint density at radius 1 is 0.800 bits per heavy atom. The molecular weight excluding hydrogens is 330 g/mol. The fourth-order valence-corrected chi connectivity index (χ4v) is 3.06. The molecule has 1 aromatic heterocycles. The number of fused-ring (bicyclic) bond motifs is 1. The van der Waals surface area contributed by atoms with Crippen molar-refractivity contribution in [2.45, 2.75) is 6.92 Å². The third kappa shape index (κ3) is 3.19. The largest absolute Gasteiger partial charge is 0.338 e. The molecule has 3 aromatic carbocycles. The highest BCUT2D eigenvalue weighted by Crippen LogP contribution is 2.32. The van der Waals surface area contributed by atoms with Crippen molar-refractivity contribution >= 4 is 33.9 Å². The Balaban J connectivity index is 1.88. The molecule has 0 aliphatic rings. The van der Waals surface area contributed by atoms with Gasteiger partial charge in [0, 0.05) is 27.0 Å². The van der Waals surface area contributed by atoms with Gasteiger partial charge < -0.3 is 5.32 Å². The Morgan fingerprint density at radius 2 is 1.64 bits per heavy atom. The molecule has 0 radical (unpaired) electrons. The lowest BCUT2D eigenvalue weighted by Crippen LogP contribution is -1.99. The number of nitrogens with one attached hydrogen (secondary N) is 1. The predicted molar refractivity (Wildman–Crippen MR) is 104 cm³/mol. The first-order valence-corrected chi connectivity index (χ1v) is 8.43. The van der Waals surface area contributed by atoms with Crippen molar-refractivity contribution in [3.63, 3.8) is 0 Å². The molecule has 0 bridgehead atoms. The molecule has 25 heavy (non-hydrogen) atoms. The monoisotopic (exact) mass is 345 g/mol. The quantitative estimate of drug-likeness (QED) is 0.494. The van der Waals surface area contributed by atoms with Crippen molar-refractivity contribution in [2.75, 3.05) is 5.32 Å². The maximum atomic E-state index is 6.08. The summed E-state index contributed by atoms with van der Waals surface area (Å²) in [6.07, 6.45) is 0. The van der Waals surface area contributed by atoms with Gasteiger partial charge >= 0.3 is 0 Å². The van der Waals surface area contributed by atoms with E-state index in [2.05, 4.69) is 40.6 Å². The van der Waals surface area contributed by atoms with Crippen molar-refractivity contribution in [2.24, 2.45) is 0 Å². The lowest BCUT2D eigenvalue weighted by Gasteiger charge is -2.12. The summed E-state index contributed by atoms with van der Waals surface area (Å²) in [6.45, 7) is 2.07. The van der Waals surface area contributed by atoms with Crippen LogP contribution in [0.2, 0.25) is 5.02 Å². The van der Waals surface area contributed by atoms with E-state index in [0.29, 0.717) is 5.02 Å². The lowest BCUT2D eigenvalue weighted by molar-refractivity contribution is 1.06. The minimum absolute atomic E-state index is 0.680. The standard InChI is InChI=1S/C21H16ClN3/c1-14-10-11-18-19(12-14)21(23-17-9-5-8-16(22)13-17)25-24-20(18)15-6-3-2-4-7-15/h2-13H,1H3,(H,23,25).